The van der Waals surface area contributed by atoms with Crippen molar-refractivity contribution < 1.29 is 9.48 Å². The molecule has 0 atom stereocenters. The Morgan fingerprint density at radius 2 is 1.82 bits per heavy atom. The zero-order valence-electron chi connectivity index (χ0n) is 5.39. The van der Waals surface area contributed by atoms with Crippen molar-refractivity contribution in [3.63, 3.8) is 0 Å². The molecule has 1 aromatic carbocycles. The molecule has 0 saturated carbocycles. The molecule has 0 saturated heterocycles. The van der Waals surface area contributed by atoms with Gasteiger partial charge in [-0.2, -0.15) is 0 Å². The van der Waals surface area contributed by atoms with Gasteiger partial charge in [0.25, 0.3) is 5.69 Å². The van der Waals surface area contributed by atoms with Gasteiger partial charge < -0.3 is 0 Å². The molecule has 57 valence electrons. The van der Waals surface area contributed by atoms with Crippen molar-refractivity contribution >= 4 is 17.7 Å². The first-order valence-corrected chi connectivity index (χ1v) is 3.52. The summed E-state index contributed by atoms with van der Waals surface area (Å²) in [7, 11) is 0. The van der Waals surface area contributed by atoms with E-state index < -0.39 is 4.92 Å². The molecule has 0 heterocycles. The standard InChI is InChI=1S/C6H4NO3S/c8-7(9)5-1-3-6(11-10)4-2-5/h1-4H. The second-order valence-electron chi connectivity index (χ2n) is 1.83. The third kappa shape index (κ3) is 1.92. The smallest absolute Gasteiger partial charge is 0.258 e. The molecule has 0 aromatic heterocycles. The highest BCUT2D eigenvalue weighted by Crippen LogP contribution is 2.18. The van der Waals surface area contributed by atoms with Crippen LogP contribution in [0.15, 0.2) is 29.2 Å². The van der Waals surface area contributed by atoms with Crippen molar-refractivity contribution in [3.8, 4) is 0 Å². The number of benzene rings is 1. The lowest BCUT2D eigenvalue weighted by atomic mass is 10.3. The van der Waals surface area contributed by atoms with Crippen LogP contribution in [0.4, 0.5) is 5.69 Å². The van der Waals surface area contributed by atoms with Crippen molar-refractivity contribution in [2.24, 2.45) is 0 Å². The lowest BCUT2D eigenvalue weighted by molar-refractivity contribution is -0.384. The SMILES string of the molecule is [O]Sc1ccc([N+](=O)[O-])cc1. The molecule has 11 heavy (non-hydrogen) atoms. The summed E-state index contributed by atoms with van der Waals surface area (Å²) < 4.78 is 10.2. The molecule has 0 unspecified atom stereocenters. The number of rotatable bonds is 2. The van der Waals surface area contributed by atoms with E-state index in [2.05, 4.69) is 0 Å². The Hall–Kier alpha value is -1.07. The Balaban J connectivity index is 2.91. The van der Waals surface area contributed by atoms with Gasteiger partial charge in [0.05, 0.1) is 17.0 Å². The van der Waals surface area contributed by atoms with E-state index in [4.69, 9.17) is 0 Å². The van der Waals surface area contributed by atoms with E-state index in [0.29, 0.717) is 16.9 Å². The molecule has 0 aliphatic carbocycles. The van der Waals surface area contributed by atoms with Crippen molar-refractivity contribution in [3.05, 3.63) is 34.4 Å². The maximum absolute atomic E-state index is 10.2. The van der Waals surface area contributed by atoms with Crippen LogP contribution in [-0.2, 0) is 4.55 Å². The van der Waals surface area contributed by atoms with Gasteiger partial charge in [-0.25, -0.2) is 0 Å². The Bertz CT molecular complexity index is 259. The number of nitro groups is 1. The average Bonchev–Trinajstić information content (AvgIpc) is 2.05. The highest BCUT2D eigenvalue weighted by atomic mass is 32.2. The zero-order chi connectivity index (χ0) is 8.27. The summed E-state index contributed by atoms with van der Waals surface area (Å²) in [6.07, 6.45) is 0. The van der Waals surface area contributed by atoms with Crippen LogP contribution >= 0.6 is 12.0 Å². The molecule has 0 fully saturated rings. The van der Waals surface area contributed by atoms with Crippen LogP contribution < -0.4 is 0 Å². The van der Waals surface area contributed by atoms with Crippen LogP contribution in [0.2, 0.25) is 0 Å². The molecule has 4 nitrogen and oxygen atoms in total. The zero-order valence-corrected chi connectivity index (χ0v) is 6.21. The monoisotopic (exact) mass is 170 g/mol. The van der Waals surface area contributed by atoms with Gasteiger partial charge in [0.1, 0.15) is 0 Å². The Kier molecular flexibility index (Phi) is 2.45. The van der Waals surface area contributed by atoms with Gasteiger partial charge >= 0.3 is 0 Å². The minimum absolute atomic E-state index is 0.00259. The molecule has 0 aliphatic heterocycles. The van der Waals surface area contributed by atoms with Gasteiger partial charge in [-0.3, -0.25) is 10.1 Å². The van der Waals surface area contributed by atoms with Gasteiger partial charge in [0.15, 0.2) is 0 Å². The molecule has 1 aromatic rings. The molecule has 0 bridgehead atoms. The summed E-state index contributed by atoms with van der Waals surface area (Å²) in [4.78, 5) is 10.1. The van der Waals surface area contributed by atoms with Gasteiger partial charge in [-0.05, 0) is 12.1 Å². The Morgan fingerprint density at radius 3 is 2.18 bits per heavy atom. The first-order valence-electron chi connectivity index (χ1n) is 2.78. The largest absolute Gasteiger partial charge is 0.269 e. The highest BCUT2D eigenvalue weighted by molar-refractivity contribution is 7.93. The van der Waals surface area contributed by atoms with Crippen LogP contribution in [0.25, 0.3) is 0 Å². The average molecular weight is 170 g/mol. The highest BCUT2D eigenvalue weighted by Gasteiger charge is 2.03. The predicted octanol–water partition coefficient (Wildman–Crippen LogP) is 2.03. The van der Waals surface area contributed by atoms with E-state index in [0.717, 1.165) is 0 Å². The van der Waals surface area contributed by atoms with Gasteiger partial charge in [-0.1, -0.05) is 0 Å². The fourth-order valence-corrected chi connectivity index (χ4v) is 0.871. The van der Waals surface area contributed by atoms with Gasteiger partial charge in [0.2, 0.25) is 0 Å². The fraction of sp³-hybridized carbons (Fsp3) is 0. The van der Waals surface area contributed by atoms with Crippen LogP contribution in [0, 0.1) is 10.1 Å². The number of nitrogens with zero attached hydrogens (tertiary/aromatic N) is 1. The maximum Gasteiger partial charge on any atom is 0.269 e. The second-order valence-corrected chi connectivity index (χ2v) is 2.47. The first-order chi connectivity index (χ1) is 5.24. The van der Waals surface area contributed by atoms with Crippen molar-refractivity contribution in [2.75, 3.05) is 0 Å². The third-order valence-electron chi connectivity index (χ3n) is 1.14. The Labute approximate surface area is 67.2 Å². The summed E-state index contributed by atoms with van der Waals surface area (Å²) in [6, 6.07) is 5.46. The molecule has 1 radical (unpaired) electrons. The normalized spacial score (nSPS) is 9.55. The number of hydrogen-bond acceptors (Lipinski definition) is 3. The van der Waals surface area contributed by atoms with Crippen LogP contribution in [0.5, 0.6) is 0 Å². The van der Waals surface area contributed by atoms with E-state index in [1.165, 1.54) is 24.3 Å². The molecule has 1 rings (SSSR count). The molecule has 0 spiro atoms. The Morgan fingerprint density at radius 1 is 1.27 bits per heavy atom. The van der Waals surface area contributed by atoms with E-state index in [-0.39, 0.29) is 5.69 Å². The first kappa shape index (κ1) is 8.03. The van der Waals surface area contributed by atoms with E-state index in [1.54, 1.807) is 0 Å². The summed E-state index contributed by atoms with van der Waals surface area (Å²) in [5.74, 6) is 0. The quantitative estimate of drug-likeness (QED) is 0.387. The lowest BCUT2D eigenvalue weighted by Crippen LogP contribution is -1.85. The molecule has 0 aliphatic rings. The predicted molar refractivity (Wildman–Crippen MR) is 39.6 cm³/mol. The van der Waals surface area contributed by atoms with Gasteiger partial charge in [-0.15, -0.1) is 4.55 Å². The summed E-state index contributed by atoms with van der Waals surface area (Å²) >= 11 is 0.317. The molecular formula is C6H4NO3S. The molecule has 0 N–H and O–H groups in total. The van der Waals surface area contributed by atoms with Crippen molar-refractivity contribution in [1.82, 2.24) is 0 Å². The van der Waals surface area contributed by atoms with Crippen LogP contribution in [0.3, 0.4) is 0 Å². The van der Waals surface area contributed by atoms with E-state index >= 15 is 0 Å². The number of non-ortho nitro benzene ring substituents is 1. The number of hydrogen-bond donors (Lipinski definition) is 0. The summed E-state index contributed by atoms with van der Waals surface area (Å²) in [6.45, 7) is 0. The van der Waals surface area contributed by atoms with Gasteiger partial charge in [0, 0.05) is 17.0 Å². The van der Waals surface area contributed by atoms with Crippen LogP contribution in [-0.4, -0.2) is 4.92 Å². The molecular weight excluding hydrogens is 166 g/mol. The lowest BCUT2D eigenvalue weighted by Gasteiger charge is -1.91. The topological polar surface area (TPSA) is 63.0 Å². The minimum Gasteiger partial charge on any atom is -0.258 e. The number of nitro benzene ring substituents is 1. The summed E-state index contributed by atoms with van der Waals surface area (Å²) in [5, 5.41) is 10.1. The third-order valence-corrected chi connectivity index (χ3v) is 1.61. The van der Waals surface area contributed by atoms with E-state index in [1.807, 2.05) is 0 Å². The van der Waals surface area contributed by atoms with E-state index in [9.17, 15) is 14.7 Å². The fourth-order valence-electron chi connectivity index (χ4n) is 0.623. The van der Waals surface area contributed by atoms with Crippen molar-refractivity contribution in [1.29, 1.82) is 0 Å². The van der Waals surface area contributed by atoms with Crippen LogP contribution in [0.1, 0.15) is 0 Å². The maximum atomic E-state index is 10.2. The second kappa shape index (κ2) is 3.36. The molecule has 5 heteroatoms. The van der Waals surface area contributed by atoms with Crippen molar-refractivity contribution in [2.45, 2.75) is 4.90 Å². The molecule has 0 amide bonds. The minimum atomic E-state index is -0.501. The summed E-state index contributed by atoms with van der Waals surface area (Å²) in [5.41, 5.74) is 0.00259.